The minimum atomic E-state index is -0.433. The second kappa shape index (κ2) is 6.21. The van der Waals surface area contributed by atoms with E-state index >= 15 is 0 Å². The van der Waals surface area contributed by atoms with E-state index in [0.717, 1.165) is 25.6 Å². The largest absolute Gasteiger partial charge is 0.482 e. The molecule has 1 aliphatic rings. The maximum atomic E-state index is 12.9. The molecule has 1 heterocycles. The van der Waals surface area contributed by atoms with E-state index in [1.54, 1.807) is 11.9 Å². The van der Waals surface area contributed by atoms with Crippen LogP contribution in [-0.2, 0) is 4.79 Å². The van der Waals surface area contributed by atoms with Crippen molar-refractivity contribution in [1.29, 1.82) is 0 Å². The van der Waals surface area contributed by atoms with E-state index in [0.29, 0.717) is 5.75 Å². The summed E-state index contributed by atoms with van der Waals surface area (Å²) in [6, 6.07) is 4.03. The minimum Gasteiger partial charge on any atom is -0.482 e. The maximum Gasteiger partial charge on any atom is 0.260 e. The van der Waals surface area contributed by atoms with Crippen molar-refractivity contribution in [3.05, 3.63) is 29.0 Å². The van der Waals surface area contributed by atoms with Gasteiger partial charge in [-0.25, -0.2) is 4.39 Å². The van der Waals surface area contributed by atoms with E-state index in [-0.39, 0.29) is 23.6 Å². The number of rotatable bonds is 4. The van der Waals surface area contributed by atoms with Gasteiger partial charge in [0.1, 0.15) is 11.6 Å². The van der Waals surface area contributed by atoms with Crippen LogP contribution in [0.5, 0.6) is 5.75 Å². The summed E-state index contributed by atoms with van der Waals surface area (Å²) in [5.74, 6) is -0.235. The zero-order chi connectivity index (χ0) is 13.8. The quantitative estimate of drug-likeness (QED) is 0.916. The number of likely N-dealkylation sites (N-methyl/N-ethyl adjacent to an activating group) is 1. The Morgan fingerprint density at radius 3 is 3.05 bits per heavy atom. The lowest BCUT2D eigenvalue weighted by Gasteiger charge is -2.23. The molecule has 1 saturated heterocycles. The molecule has 2 rings (SSSR count). The molecule has 1 aromatic carbocycles. The van der Waals surface area contributed by atoms with E-state index in [9.17, 15) is 9.18 Å². The van der Waals surface area contributed by atoms with Gasteiger partial charge in [-0.1, -0.05) is 11.6 Å². The molecule has 1 unspecified atom stereocenters. The Bertz CT molecular complexity index is 464. The first kappa shape index (κ1) is 14.1. The molecule has 4 nitrogen and oxygen atoms in total. The van der Waals surface area contributed by atoms with Crippen LogP contribution in [0.25, 0.3) is 0 Å². The first-order chi connectivity index (χ1) is 9.08. The maximum absolute atomic E-state index is 12.9. The number of hydrogen-bond acceptors (Lipinski definition) is 3. The zero-order valence-electron chi connectivity index (χ0n) is 10.7. The van der Waals surface area contributed by atoms with E-state index in [2.05, 4.69) is 5.32 Å². The van der Waals surface area contributed by atoms with Gasteiger partial charge >= 0.3 is 0 Å². The van der Waals surface area contributed by atoms with Gasteiger partial charge in [0.25, 0.3) is 5.91 Å². The number of ether oxygens (including phenoxy) is 1. The standard InChI is InChI=1S/C13H16ClFN2O2/c1-17(10-4-5-16-7-10)13(18)8-19-12-3-2-9(15)6-11(12)14/h2-3,6,10,16H,4-5,7-8H2,1H3. The number of nitrogens with zero attached hydrogens (tertiary/aromatic N) is 1. The Balaban J connectivity index is 1.89. The molecule has 6 heteroatoms. The van der Waals surface area contributed by atoms with Gasteiger partial charge in [-0.3, -0.25) is 4.79 Å². The zero-order valence-corrected chi connectivity index (χ0v) is 11.4. The second-order valence-corrected chi connectivity index (χ2v) is 4.92. The molecule has 1 fully saturated rings. The summed E-state index contributed by atoms with van der Waals surface area (Å²) >= 11 is 5.82. The summed E-state index contributed by atoms with van der Waals surface area (Å²) in [4.78, 5) is 13.6. The topological polar surface area (TPSA) is 41.6 Å². The van der Waals surface area contributed by atoms with Crippen LogP contribution in [-0.4, -0.2) is 43.6 Å². The van der Waals surface area contributed by atoms with Gasteiger partial charge in [0, 0.05) is 19.6 Å². The highest BCUT2D eigenvalue weighted by atomic mass is 35.5. The van der Waals surface area contributed by atoms with Crippen LogP contribution in [0.4, 0.5) is 4.39 Å². The van der Waals surface area contributed by atoms with Crippen molar-refractivity contribution in [2.24, 2.45) is 0 Å². The first-order valence-electron chi connectivity index (χ1n) is 6.12. The molecule has 0 radical (unpaired) electrons. The van der Waals surface area contributed by atoms with Crippen LogP contribution in [0.3, 0.4) is 0 Å². The summed E-state index contributed by atoms with van der Waals surface area (Å²) in [6.45, 7) is 1.63. The van der Waals surface area contributed by atoms with Gasteiger partial charge in [-0.2, -0.15) is 0 Å². The highest BCUT2D eigenvalue weighted by molar-refractivity contribution is 6.32. The van der Waals surface area contributed by atoms with Gasteiger partial charge in [0.05, 0.1) is 5.02 Å². The SMILES string of the molecule is CN(C(=O)COc1ccc(F)cc1Cl)C1CCNC1. The number of amides is 1. The Morgan fingerprint density at radius 2 is 2.42 bits per heavy atom. The highest BCUT2D eigenvalue weighted by Gasteiger charge is 2.23. The van der Waals surface area contributed by atoms with E-state index < -0.39 is 5.82 Å². The van der Waals surface area contributed by atoms with Crippen molar-refractivity contribution in [2.75, 3.05) is 26.7 Å². The van der Waals surface area contributed by atoms with Crippen LogP contribution in [0, 0.1) is 5.82 Å². The summed E-state index contributed by atoms with van der Waals surface area (Å²) < 4.78 is 18.2. The Morgan fingerprint density at radius 1 is 1.63 bits per heavy atom. The molecule has 0 spiro atoms. The molecular weight excluding hydrogens is 271 g/mol. The van der Waals surface area contributed by atoms with Crippen molar-refractivity contribution in [3.63, 3.8) is 0 Å². The van der Waals surface area contributed by atoms with Crippen molar-refractivity contribution in [2.45, 2.75) is 12.5 Å². The number of carbonyl (C=O) groups excluding carboxylic acids is 1. The Kier molecular flexibility index (Phi) is 4.61. The molecule has 1 aliphatic heterocycles. The fourth-order valence-electron chi connectivity index (χ4n) is 2.01. The van der Waals surface area contributed by atoms with E-state index in [1.165, 1.54) is 12.1 Å². The molecule has 0 bridgehead atoms. The molecular formula is C13H16ClFN2O2. The summed E-state index contributed by atoms with van der Waals surface area (Å²) in [7, 11) is 1.76. The lowest BCUT2D eigenvalue weighted by molar-refractivity contribution is -0.133. The van der Waals surface area contributed by atoms with Crippen molar-refractivity contribution >= 4 is 17.5 Å². The van der Waals surface area contributed by atoms with Gasteiger partial charge in [-0.05, 0) is 31.2 Å². The van der Waals surface area contributed by atoms with E-state index in [4.69, 9.17) is 16.3 Å². The fourth-order valence-corrected chi connectivity index (χ4v) is 2.23. The number of carbonyl (C=O) groups is 1. The van der Waals surface area contributed by atoms with E-state index in [1.807, 2.05) is 0 Å². The van der Waals surface area contributed by atoms with Gasteiger partial charge in [-0.15, -0.1) is 0 Å². The summed E-state index contributed by atoms with van der Waals surface area (Å²) in [5.41, 5.74) is 0. The summed E-state index contributed by atoms with van der Waals surface area (Å²) in [6.07, 6.45) is 0.944. The first-order valence-corrected chi connectivity index (χ1v) is 6.50. The van der Waals surface area contributed by atoms with Crippen molar-refractivity contribution < 1.29 is 13.9 Å². The molecule has 0 aliphatic carbocycles. The van der Waals surface area contributed by atoms with Crippen LogP contribution in [0.15, 0.2) is 18.2 Å². The third-order valence-corrected chi connectivity index (χ3v) is 3.52. The highest BCUT2D eigenvalue weighted by Crippen LogP contribution is 2.24. The third-order valence-electron chi connectivity index (χ3n) is 3.22. The number of hydrogen-bond donors (Lipinski definition) is 1. The average Bonchev–Trinajstić information content (AvgIpc) is 2.90. The Hall–Kier alpha value is -1.33. The van der Waals surface area contributed by atoms with Gasteiger partial charge < -0.3 is 15.0 Å². The molecule has 1 N–H and O–H groups in total. The van der Waals surface area contributed by atoms with Crippen LogP contribution >= 0.6 is 11.6 Å². The van der Waals surface area contributed by atoms with Crippen LogP contribution in [0.1, 0.15) is 6.42 Å². The fraction of sp³-hybridized carbons (Fsp3) is 0.462. The molecule has 0 aromatic heterocycles. The molecule has 1 amide bonds. The molecule has 1 atom stereocenters. The summed E-state index contributed by atoms with van der Waals surface area (Å²) in [5, 5.41) is 3.36. The average molecular weight is 287 g/mol. The number of nitrogens with one attached hydrogen (secondary N) is 1. The molecule has 1 aromatic rings. The van der Waals surface area contributed by atoms with Gasteiger partial charge in [0.15, 0.2) is 6.61 Å². The van der Waals surface area contributed by atoms with Crippen molar-refractivity contribution in [3.8, 4) is 5.75 Å². The Labute approximate surface area is 116 Å². The number of halogens is 2. The number of benzene rings is 1. The van der Waals surface area contributed by atoms with Crippen molar-refractivity contribution in [1.82, 2.24) is 10.2 Å². The molecule has 19 heavy (non-hydrogen) atoms. The third kappa shape index (κ3) is 3.58. The monoisotopic (exact) mass is 286 g/mol. The normalized spacial score (nSPS) is 18.4. The second-order valence-electron chi connectivity index (χ2n) is 4.51. The molecule has 104 valence electrons. The lowest BCUT2D eigenvalue weighted by atomic mass is 10.2. The minimum absolute atomic E-state index is 0.0989. The lowest BCUT2D eigenvalue weighted by Crippen LogP contribution is -2.40. The van der Waals surface area contributed by atoms with Gasteiger partial charge in [0.2, 0.25) is 0 Å². The van der Waals surface area contributed by atoms with Crippen LogP contribution < -0.4 is 10.1 Å². The predicted octanol–water partition coefficient (Wildman–Crippen LogP) is 1.68. The molecule has 0 saturated carbocycles. The smallest absolute Gasteiger partial charge is 0.260 e. The van der Waals surface area contributed by atoms with Crippen LogP contribution in [0.2, 0.25) is 5.02 Å². The predicted molar refractivity (Wildman–Crippen MR) is 70.9 cm³/mol.